The predicted molar refractivity (Wildman–Crippen MR) is 111 cm³/mol. The number of nitrogens with one attached hydrogen (secondary N) is 2. The van der Waals surface area contributed by atoms with Crippen molar-refractivity contribution in [1.82, 2.24) is 9.62 Å². The summed E-state index contributed by atoms with van der Waals surface area (Å²) in [5.41, 5.74) is 0.507. The molecule has 2 N–H and O–H groups in total. The van der Waals surface area contributed by atoms with Crippen molar-refractivity contribution in [2.75, 3.05) is 32.1 Å². The van der Waals surface area contributed by atoms with Gasteiger partial charge in [0.1, 0.15) is 0 Å². The van der Waals surface area contributed by atoms with E-state index in [2.05, 4.69) is 10.6 Å². The van der Waals surface area contributed by atoms with E-state index in [9.17, 15) is 18.0 Å². The molecular formula is C20H31N3O5S. The molecule has 1 saturated carbocycles. The molecule has 29 heavy (non-hydrogen) atoms. The lowest BCUT2D eigenvalue weighted by atomic mass is 9.98. The summed E-state index contributed by atoms with van der Waals surface area (Å²) >= 11 is 0. The van der Waals surface area contributed by atoms with Crippen molar-refractivity contribution in [1.29, 1.82) is 0 Å². The number of rotatable bonds is 10. The van der Waals surface area contributed by atoms with Crippen LogP contribution in [0.4, 0.5) is 5.69 Å². The van der Waals surface area contributed by atoms with Crippen LogP contribution in [0.3, 0.4) is 0 Å². The standard InChI is InChI=1S/C20H31N3O5S/c1-16(24)22-17-9-11-19(12-10-17)29(26,27)23(2)15-20(25)21-13-6-14-28-18-7-4-3-5-8-18/h9-12,18H,3-8,13-15H2,1-2H3,(H,21,25)(H,22,24). The Balaban J connectivity index is 1.73. The zero-order chi connectivity index (χ0) is 21.3. The van der Waals surface area contributed by atoms with E-state index < -0.39 is 10.0 Å². The van der Waals surface area contributed by atoms with Gasteiger partial charge in [-0.3, -0.25) is 9.59 Å². The average molecular weight is 426 g/mol. The van der Waals surface area contributed by atoms with Gasteiger partial charge in [-0.1, -0.05) is 19.3 Å². The third-order valence-corrected chi connectivity index (χ3v) is 6.62. The lowest BCUT2D eigenvalue weighted by molar-refractivity contribution is -0.121. The zero-order valence-corrected chi connectivity index (χ0v) is 18.0. The van der Waals surface area contributed by atoms with Gasteiger partial charge in [-0.15, -0.1) is 0 Å². The summed E-state index contributed by atoms with van der Waals surface area (Å²) in [4.78, 5) is 23.2. The van der Waals surface area contributed by atoms with Crippen molar-refractivity contribution in [3.63, 3.8) is 0 Å². The fraction of sp³-hybridized carbons (Fsp3) is 0.600. The van der Waals surface area contributed by atoms with Gasteiger partial charge < -0.3 is 15.4 Å². The molecule has 1 aromatic carbocycles. The molecular weight excluding hydrogens is 394 g/mol. The Bertz CT molecular complexity index is 774. The number of ether oxygens (including phenoxy) is 1. The number of hydrogen-bond acceptors (Lipinski definition) is 5. The number of anilines is 1. The van der Waals surface area contributed by atoms with Gasteiger partial charge >= 0.3 is 0 Å². The van der Waals surface area contributed by atoms with Gasteiger partial charge in [0.25, 0.3) is 0 Å². The molecule has 8 nitrogen and oxygen atoms in total. The second-order valence-corrected chi connectivity index (χ2v) is 9.35. The summed E-state index contributed by atoms with van der Waals surface area (Å²) in [5.74, 6) is -0.595. The van der Waals surface area contributed by atoms with Crippen LogP contribution in [0.15, 0.2) is 29.2 Å². The third-order valence-electron chi connectivity index (χ3n) is 4.80. The highest BCUT2D eigenvalue weighted by atomic mass is 32.2. The largest absolute Gasteiger partial charge is 0.378 e. The fourth-order valence-electron chi connectivity index (χ4n) is 3.22. The highest BCUT2D eigenvalue weighted by molar-refractivity contribution is 7.89. The van der Waals surface area contributed by atoms with E-state index in [1.807, 2.05) is 0 Å². The summed E-state index contributed by atoms with van der Waals surface area (Å²) in [6.07, 6.45) is 6.99. The van der Waals surface area contributed by atoms with E-state index in [1.165, 1.54) is 57.5 Å². The first-order valence-corrected chi connectivity index (χ1v) is 11.5. The molecule has 1 aliphatic rings. The topological polar surface area (TPSA) is 105 Å². The van der Waals surface area contributed by atoms with Gasteiger partial charge in [0.15, 0.2) is 0 Å². The molecule has 1 aliphatic carbocycles. The number of carbonyl (C=O) groups excluding carboxylic acids is 2. The van der Waals surface area contributed by atoms with Crippen LogP contribution in [-0.2, 0) is 24.3 Å². The van der Waals surface area contributed by atoms with Gasteiger partial charge in [0.2, 0.25) is 21.8 Å². The number of sulfonamides is 1. The minimum atomic E-state index is -3.79. The van der Waals surface area contributed by atoms with Crippen molar-refractivity contribution in [3.8, 4) is 0 Å². The maximum absolute atomic E-state index is 12.6. The van der Waals surface area contributed by atoms with Crippen molar-refractivity contribution in [2.45, 2.75) is 56.4 Å². The lowest BCUT2D eigenvalue weighted by Gasteiger charge is -2.22. The van der Waals surface area contributed by atoms with Crippen LogP contribution < -0.4 is 10.6 Å². The molecule has 1 fully saturated rings. The minimum absolute atomic E-state index is 0.0581. The van der Waals surface area contributed by atoms with Crippen molar-refractivity contribution in [2.24, 2.45) is 0 Å². The first kappa shape index (κ1) is 23.3. The van der Waals surface area contributed by atoms with Gasteiger partial charge in [-0.25, -0.2) is 8.42 Å². The Morgan fingerprint density at radius 3 is 2.41 bits per heavy atom. The summed E-state index contributed by atoms with van der Waals surface area (Å²) in [6.45, 7) is 2.16. The first-order chi connectivity index (χ1) is 13.8. The highest BCUT2D eigenvalue weighted by Gasteiger charge is 2.23. The molecule has 0 spiro atoms. The quantitative estimate of drug-likeness (QED) is 0.559. The lowest BCUT2D eigenvalue weighted by Crippen LogP contribution is -2.38. The Morgan fingerprint density at radius 1 is 1.14 bits per heavy atom. The minimum Gasteiger partial charge on any atom is -0.378 e. The number of likely N-dealkylation sites (N-methyl/N-ethyl adjacent to an activating group) is 1. The molecule has 162 valence electrons. The SMILES string of the molecule is CC(=O)Nc1ccc(S(=O)(=O)N(C)CC(=O)NCCCOC2CCCCC2)cc1. The van der Waals surface area contributed by atoms with E-state index in [0.717, 1.165) is 17.1 Å². The summed E-state index contributed by atoms with van der Waals surface area (Å²) in [7, 11) is -2.43. The number of benzene rings is 1. The van der Waals surface area contributed by atoms with Crippen LogP contribution in [0.1, 0.15) is 45.4 Å². The molecule has 9 heteroatoms. The zero-order valence-electron chi connectivity index (χ0n) is 17.1. The number of amides is 2. The van der Waals surface area contributed by atoms with Gasteiger partial charge in [0.05, 0.1) is 17.5 Å². The molecule has 2 amide bonds. The van der Waals surface area contributed by atoms with Crippen molar-refractivity contribution < 1.29 is 22.7 Å². The summed E-state index contributed by atoms with van der Waals surface area (Å²) < 4.78 is 32.0. The Labute approximate surface area is 173 Å². The van der Waals surface area contributed by atoms with E-state index in [0.29, 0.717) is 31.4 Å². The van der Waals surface area contributed by atoms with Crippen LogP contribution >= 0.6 is 0 Å². The van der Waals surface area contributed by atoms with Crippen LogP contribution in [0.2, 0.25) is 0 Å². The Kier molecular flexibility index (Phi) is 9.06. The van der Waals surface area contributed by atoms with Crippen LogP contribution in [-0.4, -0.2) is 57.4 Å². The van der Waals surface area contributed by atoms with Crippen molar-refractivity contribution >= 4 is 27.5 Å². The van der Waals surface area contributed by atoms with Gasteiger partial charge in [-0.2, -0.15) is 4.31 Å². The van der Waals surface area contributed by atoms with E-state index >= 15 is 0 Å². The molecule has 1 aromatic rings. The van der Waals surface area contributed by atoms with Crippen LogP contribution in [0, 0.1) is 0 Å². The molecule has 0 aromatic heterocycles. The monoisotopic (exact) mass is 425 g/mol. The maximum atomic E-state index is 12.6. The summed E-state index contributed by atoms with van der Waals surface area (Å²) in [6, 6.07) is 5.82. The molecule has 0 aliphatic heterocycles. The van der Waals surface area contributed by atoms with E-state index in [-0.39, 0.29) is 23.3 Å². The fourth-order valence-corrected chi connectivity index (χ4v) is 4.35. The molecule has 0 radical (unpaired) electrons. The molecule has 0 unspecified atom stereocenters. The average Bonchev–Trinajstić information content (AvgIpc) is 2.68. The smallest absolute Gasteiger partial charge is 0.243 e. The molecule has 0 saturated heterocycles. The van der Waals surface area contributed by atoms with Gasteiger partial charge in [-0.05, 0) is 43.5 Å². The van der Waals surface area contributed by atoms with E-state index in [1.54, 1.807) is 0 Å². The molecule has 0 bridgehead atoms. The van der Waals surface area contributed by atoms with Crippen LogP contribution in [0.25, 0.3) is 0 Å². The first-order valence-electron chi connectivity index (χ1n) is 10.0. The van der Waals surface area contributed by atoms with Crippen LogP contribution in [0.5, 0.6) is 0 Å². The summed E-state index contributed by atoms with van der Waals surface area (Å²) in [5, 5.41) is 5.31. The molecule has 0 atom stereocenters. The van der Waals surface area contributed by atoms with Gasteiger partial charge in [0, 0.05) is 32.8 Å². The number of nitrogens with zero attached hydrogens (tertiary/aromatic N) is 1. The number of carbonyl (C=O) groups is 2. The molecule has 0 heterocycles. The predicted octanol–water partition coefficient (Wildman–Crippen LogP) is 2.12. The number of hydrogen-bond donors (Lipinski definition) is 2. The third kappa shape index (κ3) is 7.75. The normalized spacial score (nSPS) is 15.3. The Hall–Kier alpha value is -1.97. The maximum Gasteiger partial charge on any atom is 0.243 e. The van der Waals surface area contributed by atoms with E-state index in [4.69, 9.17) is 4.74 Å². The second kappa shape index (κ2) is 11.3. The Morgan fingerprint density at radius 2 is 1.79 bits per heavy atom. The molecule has 2 rings (SSSR count). The van der Waals surface area contributed by atoms with Crippen molar-refractivity contribution in [3.05, 3.63) is 24.3 Å². The second-order valence-electron chi connectivity index (χ2n) is 7.30. The highest BCUT2D eigenvalue weighted by Crippen LogP contribution is 2.20.